The van der Waals surface area contributed by atoms with Gasteiger partial charge in [0, 0.05) is 18.9 Å². The van der Waals surface area contributed by atoms with Crippen LogP contribution >= 0.6 is 0 Å². The third-order valence-electron chi connectivity index (χ3n) is 3.05. The zero-order chi connectivity index (χ0) is 13.5. The summed E-state index contributed by atoms with van der Waals surface area (Å²) in [7, 11) is 1.78. The Morgan fingerprint density at radius 1 is 1.28 bits per heavy atom. The van der Waals surface area contributed by atoms with Crippen molar-refractivity contribution in [1.82, 2.24) is 0 Å². The van der Waals surface area contributed by atoms with Crippen molar-refractivity contribution < 1.29 is 0 Å². The van der Waals surface area contributed by atoms with Crippen molar-refractivity contribution in [2.24, 2.45) is 4.99 Å². The van der Waals surface area contributed by atoms with Crippen molar-refractivity contribution >= 4 is 17.5 Å². The summed E-state index contributed by atoms with van der Waals surface area (Å²) in [5, 5.41) is 0. The first-order valence-corrected chi connectivity index (χ1v) is 6.35. The van der Waals surface area contributed by atoms with E-state index in [0.29, 0.717) is 0 Å². The van der Waals surface area contributed by atoms with Crippen LogP contribution in [0.3, 0.4) is 0 Å². The van der Waals surface area contributed by atoms with E-state index in [1.807, 2.05) is 18.4 Å². The van der Waals surface area contributed by atoms with E-state index in [4.69, 9.17) is 5.73 Å². The summed E-state index contributed by atoms with van der Waals surface area (Å²) in [6.07, 6.45) is 7.56. The Morgan fingerprint density at radius 2 is 1.94 bits per heavy atom. The normalized spacial score (nSPS) is 12.1. The van der Waals surface area contributed by atoms with E-state index in [0.717, 1.165) is 24.1 Å². The highest BCUT2D eigenvalue weighted by Crippen LogP contribution is 2.27. The van der Waals surface area contributed by atoms with Crippen LogP contribution in [0.1, 0.15) is 30.5 Å². The zero-order valence-corrected chi connectivity index (χ0v) is 11.5. The van der Waals surface area contributed by atoms with Gasteiger partial charge in [0.25, 0.3) is 0 Å². The fraction of sp³-hybridized carbons (Fsp3) is 0.312. The highest BCUT2D eigenvalue weighted by molar-refractivity contribution is 6.11. The van der Waals surface area contributed by atoms with E-state index in [9.17, 15) is 0 Å². The summed E-state index contributed by atoms with van der Waals surface area (Å²) >= 11 is 0. The molecule has 0 aliphatic heterocycles. The molecule has 0 aromatic heterocycles. The molecular weight excluding hydrogens is 220 g/mol. The van der Waals surface area contributed by atoms with Gasteiger partial charge in [0.05, 0.1) is 0 Å². The summed E-state index contributed by atoms with van der Waals surface area (Å²) < 4.78 is 0. The monoisotopic (exact) mass is 242 g/mol. The van der Waals surface area contributed by atoms with Gasteiger partial charge in [-0.25, -0.2) is 0 Å². The number of benzene rings is 1. The Labute approximate surface area is 110 Å². The second-order valence-corrected chi connectivity index (χ2v) is 4.11. The SMILES string of the molecule is C=C/C=C(\C=NC)c1ccc(N)c(CC)c1CC. The molecule has 2 heteroatoms. The maximum atomic E-state index is 6.05. The molecule has 2 N–H and O–H groups in total. The van der Waals surface area contributed by atoms with Gasteiger partial charge in [0.15, 0.2) is 0 Å². The number of aliphatic imine (C=N–C) groups is 1. The van der Waals surface area contributed by atoms with Gasteiger partial charge in [-0.05, 0) is 41.2 Å². The van der Waals surface area contributed by atoms with Crippen molar-refractivity contribution in [2.75, 3.05) is 12.8 Å². The topological polar surface area (TPSA) is 38.4 Å². The Hall–Kier alpha value is -1.83. The van der Waals surface area contributed by atoms with Crippen LogP contribution in [0.4, 0.5) is 5.69 Å². The van der Waals surface area contributed by atoms with Crippen LogP contribution in [-0.4, -0.2) is 13.3 Å². The predicted molar refractivity (Wildman–Crippen MR) is 82.2 cm³/mol. The molecule has 2 nitrogen and oxygen atoms in total. The van der Waals surface area contributed by atoms with Crippen LogP contribution in [0.25, 0.3) is 5.57 Å². The minimum Gasteiger partial charge on any atom is -0.398 e. The van der Waals surface area contributed by atoms with E-state index in [2.05, 4.69) is 31.5 Å². The average Bonchev–Trinajstić information content (AvgIpc) is 2.38. The predicted octanol–water partition coefficient (Wildman–Crippen LogP) is 3.66. The van der Waals surface area contributed by atoms with Gasteiger partial charge >= 0.3 is 0 Å². The van der Waals surface area contributed by atoms with Crippen LogP contribution in [0.15, 0.2) is 35.9 Å². The number of allylic oxidation sites excluding steroid dienone is 3. The van der Waals surface area contributed by atoms with E-state index in [1.54, 1.807) is 13.1 Å². The standard InChI is InChI=1S/C16H22N2/c1-5-8-12(11-18-4)15-9-10-16(17)14(7-3)13(15)6-2/h5,8-11H,1,6-7,17H2,2-4H3/b12-8+,18-11?. The number of nitrogens with zero attached hydrogens (tertiary/aromatic N) is 1. The number of anilines is 1. The molecule has 0 aliphatic rings. The molecule has 96 valence electrons. The molecule has 1 rings (SSSR count). The van der Waals surface area contributed by atoms with E-state index in [-0.39, 0.29) is 0 Å². The zero-order valence-electron chi connectivity index (χ0n) is 11.5. The Bertz CT molecular complexity index is 482. The second kappa shape index (κ2) is 6.80. The van der Waals surface area contributed by atoms with Gasteiger partial charge in [-0.3, -0.25) is 4.99 Å². The Balaban J connectivity index is 3.48. The molecule has 0 amide bonds. The first-order valence-electron chi connectivity index (χ1n) is 6.35. The minimum absolute atomic E-state index is 0.879. The molecule has 0 spiro atoms. The van der Waals surface area contributed by atoms with Crippen LogP contribution in [0.5, 0.6) is 0 Å². The lowest BCUT2D eigenvalue weighted by molar-refractivity contribution is 1.04. The molecule has 0 atom stereocenters. The molecule has 0 unspecified atom stereocenters. The van der Waals surface area contributed by atoms with Crippen molar-refractivity contribution in [2.45, 2.75) is 26.7 Å². The third kappa shape index (κ3) is 2.89. The molecule has 0 radical (unpaired) electrons. The number of rotatable bonds is 5. The van der Waals surface area contributed by atoms with E-state index in [1.165, 1.54) is 16.7 Å². The largest absolute Gasteiger partial charge is 0.398 e. The minimum atomic E-state index is 0.879. The highest BCUT2D eigenvalue weighted by atomic mass is 14.6. The lowest BCUT2D eigenvalue weighted by Crippen LogP contribution is -2.03. The maximum Gasteiger partial charge on any atom is 0.0349 e. The molecule has 0 bridgehead atoms. The fourth-order valence-corrected chi connectivity index (χ4v) is 2.27. The molecule has 0 aliphatic carbocycles. The number of hydrogen-bond acceptors (Lipinski definition) is 2. The van der Waals surface area contributed by atoms with Crippen LogP contribution in [0, 0.1) is 0 Å². The molecule has 0 heterocycles. The van der Waals surface area contributed by atoms with Gasteiger partial charge in [-0.2, -0.15) is 0 Å². The molecular formula is C16H22N2. The summed E-state index contributed by atoms with van der Waals surface area (Å²) in [6, 6.07) is 4.05. The number of nitrogens with two attached hydrogens (primary N) is 1. The lowest BCUT2D eigenvalue weighted by Gasteiger charge is -2.15. The van der Waals surface area contributed by atoms with Gasteiger partial charge in [-0.15, -0.1) is 0 Å². The maximum absolute atomic E-state index is 6.05. The van der Waals surface area contributed by atoms with Crippen LogP contribution in [0.2, 0.25) is 0 Å². The van der Waals surface area contributed by atoms with Crippen LogP contribution in [-0.2, 0) is 12.8 Å². The number of hydrogen-bond donors (Lipinski definition) is 1. The van der Waals surface area contributed by atoms with Crippen LogP contribution < -0.4 is 5.73 Å². The van der Waals surface area contributed by atoms with E-state index < -0.39 is 0 Å². The summed E-state index contributed by atoms with van der Waals surface area (Å²) in [4.78, 5) is 4.11. The highest BCUT2D eigenvalue weighted by Gasteiger charge is 2.11. The Kier molecular flexibility index (Phi) is 5.37. The van der Waals surface area contributed by atoms with Crippen molar-refractivity contribution in [3.8, 4) is 0 Å². The lowest BCUT2D eigenvalue weighted by atomic mass is 9.91. The third-order valence-corrected chi connectivity index (χ3v) is 3.05. The summed E-state index contributed by atoms with van der Waals surface area (Å²) in [6.45, 7) is 8.06. The quantitative estimate of drug-likeness (QED) is 0.477. The first kappa shape index (κ1) is 14.2. The van der Waals surface area contributed by atoms with Crippen molar-refractivity contribution in [3.63, 3.8) is 0 Å². The average molecular weight is 242 g/mol. The molecule has 1 aromatic carbocycles. The van der Waals surface area contributed by atoms with E-state index >= 15 is 0 Å². The smallest absolute Gasteiger partial charge is 0.0349 e. The second-order valence-electron chi connectivity index (χ2n) is 4.11. The molecule has 18 heavy (non-hydrogen) atoms. The van der Waals surface area contributed by atoms with Gasteiger partial charge in [0.2, 0.25) is 0 Å². The summed E-state index contributed by atoms with van der Waals surface area (Å²) in [5.41, 5.74) is 11.8. The summed E-state index contributed by atoms with van der Waals surface area (Å²) in [5.74, 6) is 0. The Morgan fingerprint density at radius 3 is 2.44 bits per heavy atom. The van der Waals surface area contributed by atoms with Crippen molar-refractivity contribution in [1.29, 1.82) is 0 Å². The molecule has 0 saturated heterocycles. The van der Waals surface area contributed by atoms with Gasteiger partial charge in [-0.1, -0.05) is 38.6 Å². The molecule has 0 saturated carbocycles. The van der Waals surface area contributed by atoms with Gasteiger partial charge in [0.1, 0.15) is 0 Å². The van der Waals surface area contributed by atoms with Gasteiger partial charge < -0.3 is 5.73 Å². The fourth-order valence-electron chi connectivity index (χ4n) is 2.27. The molecule has 0 fully saturated rings. The first-order chi connectivity index (χ1) is 8.69. The molecule has 1 aromatic rings. The number of nitrogen functional groups attached to an aromatic ring is 1. The van der Waals surface area contributed by atoms with Crippen molar-refractivity contribution in [3.05, 3.63) is 47.6 Å².